The summed E-state index contributed by atoms with van der Waals surface area (Å²) in [6.07, 6.45) is 6.40. The average Bonchev–Trinajstić information content (AvgIpc) is 3.04. The van der Waals surface area contributed by atoms with Crippen LogP contribution in [0.3, 0.4) is 0 Å². The maximum Gasteiger partial charge on any atom is 0.117 e. The van der Waals surface area contributed by atoms with E-state index in [1.54, 1.807) is 0 Å². The van der Waals surface area contributed by atoms with Gasteiger partial charge in [0.15, 0.2) is 0 Å². The summed E-state index contributed by atoms with van der Waals surface area (Å²) in [5.74, 6) is 2.18. The molecule has 2 aliphatic heterocycles. The van der Waals surface area contributed by atoms with Gasteiger partial charge in [-0.05, 0) is 50.9 Å². The summed E-state index contributed by atoms with van der Waals surface area (Å²) < 4.78 is 5.74. The van der Waals surface area contributed by atoms with Crippen LogP contribution in [0.4, 0.5) is 0 Å². The van der Waals surface area contributed by atoms with Crippen LogP contribution in [0, 0.1) is 0 Å². The molecule has 0 saturated carbocycles. The van der Waals surface area contributed by atoms with E-state index in [0.717, 1.165) is 30.5 Å². The van der Waals surface area contributed by atoms with Crippen LogP contribution in [-0.2, 0) is 13.0 Å². The zero-order valence-corrected chi connectivity index (χ0v) is 11.3. The number of aryl methyl sites for hydroxylation is 1. The first kappa shape index (κ1) is 12.2. The zero-order valence-electron chi connectivity index (χ0n) is 11.3. The minimum Gasteiger partial charge on any atom is -0.465 e. The summed E-state index contributed by atoms with van der Waals surface area (Å²) >= 11 is 0. The van der Waals surface area contributed by atoms with Crippen molar-refractivity contribution in [1.82, 2.24) is 10.2 Å². The second-order valence-electron chi connectivity index (χ2n) is 5.66. The smallest absolute Gasteiger partial charge is 0.117 e. The molecule has 3 heteroatoms. The van der Waals surface area contributed by atoms with Gasteiger partial charge in [-0.15, -0.1) is 0 Å². The molecule has 1 N–H and O–H groups in total. The van der Waals surface area contributed by atoms with Crippen LogP contribution in [0.15, 0.2) is 16.5 Å². The fraction of sp³-hybridized carbons (Fsp3) is 0.733. The van der Waals surface area contributed by atoms with Crippen molar-refractivity contribution in [3.05, 3.63) is 23.7 Å². The molecule has 0 spiro atoms. The van der Waals surface area contributed by atoms with Crippen LogP contribution < -0.4 is 5.32 Å². The Morgan fingerprint density at radius 3 is 3.00 bits per heavy atom. The van der Waals surface area contributed by atoms with Crippen LogP contribution in [0.5, 0.6) is 0 Å². The van der Waals surface area contributed by atoms with Gasteiger partial charge in [-0.2, -0.15) is 0 Å². The molecule has 1 aromatic rings. The maximum absolute atomic E-state index is 5.74. The third kappa shape index (κ3) is 2.62. The molecule has 3 nitrogen and oxygen atoms in total. The molecule has 2 atom stereocenters. The molecule has 2 saturated heterocycles. The number of fused-ring (bicyclic) bond motifs is 1. The first-order chi connectivity index (χ1) is 8.85. The predicted octanol–water partition coefficient (Wildman–Crippen LogP) is 2.56. The second-order valence-corrected chi connectivity index (χ2v) is 5.66. The van der Waals surface area contributed by atoms with E-state index in [-0.39, 0.29) is 0 Å². The van der Waals surface area contributed by atoms with E-state index in [1.807, 2.05) is 0 Å². The summed E-state index contributed by atoms with van der Waals surface area (Å²) in [4.78, 5) is 2.67. The monoisotopic (exact) mass is 248 g/mol. The molecular formula is C15H24N2O. The number of furan rings is 1. The molecule has 0 aromatic carbocycles. The molecular weight excluding hydrogens is 224 g/mol. The second kappa shape index (κ2) is 5.45. The summed E-state index contributed by atoms with van der Waals surface area (Å²) in [6, 6.07) is 5.73. The van der Waals surface area contributed by atoms with Crippen molar-refractivity contribution in [2.75, 3.05) is 13.1 Å². The molecule has 2 aliphatic rings. The normalized spacial score (nSPS) is 28.5. The Morgan fingerprint density at radius 1 is 1.28 bits per heavy atom. The van der Waals surface area contributed by atoms with Crippen molar-refractivity contribution in [3.8, 4) is 0 Å². The molecule has 0 amide bonds. The van der Waals surface area contributed by atoms with Gasteiger partial charge in [-0.3, -0.25) is 0 Å². The van der Waals surface area contributed by atoms with Crippen molar-refractivity contribution >= 4 is 0 Å². The first-order valence-corrected chi connectivity index (χ1v) is 7.40. The topological polar surface area (TPSA) is 28.4 Å². The van der Waals surface area contributed by atoms with E-state index < -0.39 is 0 Å². The SMILES string of the molecule is CCc1ccc(CNC2CCN3CCCC3C2)o1. The Balaban J connectivity index is 1.48. The third-order valence-electron chi connectivity index (χ3n) is 4.45. The first-order valence-electron chi connectivity index (χ1n) is 7.40. The predicted molar refractivity (Wildman–Crippen MR) is 72.5 cm³/mol. The fourth-order valence-corrected chi connectivity index (χ4v) is 3.36. The molecule has 3 heterocycles. The largest absolute Gasteiger partial charge is 0.465 e. The Morgan fingerprint density at radius 2 is 2.17 bits per heavy atom. The molecule has 2 fully saturated rings. The van der Waals surface area contributed by atoms with Gasteiger partial charge in [0.25, 0.3) is 0 Å². The summed E-state index contributed by atoms with van der Waals surface area (Å²) in [5, 5.41) is 3.67. The number of nitrogens with zero attached hydrogens (tertiary/aromatic N) is 1. The lowest BCUT2D eigenvalue weighted by atomic mass is 9.97. The number of rotatable bonds is 4. The zero-order chi connectivity index (χ0) is 12.4. The van der Waals surface area contributed by atoms with E-state index in [4.69, 9.17) is 4.42 Å². The third-order valence-corrected chi connectivity index (χ3v) is 4.45. The van der Waals surface area contributed by atoms with E-state index in [0.29, 0.717) is 6.04 Å². The highest BCUT2D eigenvalue weighted by molar-refractivity contribution is 5.07. The molecule has 0 radical (unpaired) electrons. The van der Waals surface area contributed by atoms with Gasteiger partial charge < -0.3 is 14.6 Å². The lowest BCUT2D eigenvalue weighted by molar-refractivity contribution is 0.165. The lowest BCUT2D eigenvalue weighted by Gasteiger charge is -2.35. The van der Waals surface area contributed by atoms with Crippen molar-refractivity contribution in [3.63, 3.8) is 0 Å². The van der Waals surface area contributed by atoms with Crippen LogP contribution in [0.25, 0.3) is 0 Å². The van der Waals surface area contributed by atoms with E-state index in [1.165, 1.54) is 38.8 Å². The van der Waals surface area contributed by atoms with Gasteiger partial charge >= 0.3 is 0 Å². The van der Waals surface area contributed by atoms with Crippen molar-refractivity contribution in [2.45, 2.75) is 57.7 Å². The Bertz CT molecular complexity index is 388. The van der Waals surface area contributed by atoms with Gasteiger partial charge in [0.05, 0.1) is 6.54 Å². The molecule has 100 valence electrons. The van der Waals surface area contributed by atoms with Gasteiger partial charge in [0.2, 0.25) is 0 Å². The average molecular weight is 248 g/mol. The van der Waals surface area contributed by atoms with Crippen LogP contribution >= 0.6 is 0 Å². The molecule has 0 aliphatic carbocycles. The minimum atomic E-state index is 0.680. The number of hydrogen-bond acceptors (Lipinski definition) is 3. The Labute approximate surface area is 110 Å². The highest BCUT2D eigenvalue weighted by atomic mass is 16.3. The van der Waals surface area contributed by atoms with Crippen molar-refractivity contribution in [2.24, 2.45) is 0 Å². The Hall–Kier alpha value is -0.800. The van der Waals surface area contributed by atoms with Gasteiger partial charge in [-0.1, -0.05) is 6.92 Å². The number of piperidine rings is 1. The molecule has 18 heavy (non-hydrogen) atoms. The van der Waals surface area contributed by atoms with Crippen LogP contribution in [-0.4, -0.2) is 30.1 Å². The molecule has 2 unspecified atom stereocenters. The maximum atomic E-state index is 5.74. The fourth-order valence-electron chi connectivity index (χ4n) is 3.36. The highest BCUT2D eigenvalue weighted by Gasteiger charge is 2.31. The summed E-state index contributed by atoms with van der Waals surface area (Å²) in [6.45, 7) is 5.62. The van der Waals surface area contributed by atoms with Crippen molar-refractivity contribution < 1.29 is 4.42 Å². The van der Waals surface area contributed by atoms with E-state index >= 15 is 0 Å². The van der Waals surface area contributed by atoms with Gasteiger partial charge in [0.1, 0.15) is 11.5 Å². The van der Waals surface area contributed by atoms with Gasteiger partial charge in [0, 0.05) is 18.5 Å². The number of nitrogens with one attached hydrogen (secondary N) is 1. The van der Waals surface area contributed by atoms with E-state index in [9.17, 15) is 0 Å². The van der Waals surface area contributed by atoms with Crippen LogP contribution in [0.2, 0.25) is 0 Å². The Kier molecular flexibility index (Phi) is 3.71. The minimum absolute atomic E-state index is 0.680. The highest BCUT2D eigenvalue weighted by Crippen LogP contribution is 2.27. The molecule has 1 aromatic heterocycles. The van der Waals surface area contributed by atoms with Gasteiger partial charge in [-0.25, -0.2) is 0 Å². The summed E-state index contributed by atoms with van der Waals surface area (Å²) in [7, 11) is 0. The van der Waals surface area contributed by atoms with Crippen molar-refractivity contribution in [1.29, 1.82) is 0 Å². The molecule has 3 rings (SSSR count). The lowest BCUT2D eigenvalue weighted by Crippen LogP contribution is -2.45. The van der Waals surface area contributed by atoms with E-state index in [2.05, 4.69) is 29.3 Å². The quantitative estimate of drug-likeness (QED) is 0.887. The summed E-state index contributed by atoms with van der Waals surface area (Å²) in [5.41, 5.74) is 0. The molecule has 0 bridgehead atoms. The van der Waals surface area contributed by atoms with Crippen LogP contribution in [0.1, 0.15) is 44.1 Å². The number of hydrogen-bond donors (Lipinski definition) is 1. The standard InChI is InChI=1S/C15H24N2O/c1-2-14-5-6-15(18-14)11-16-12-7-9-17-8-3-4-13(17)10-12/h5-6,12-13,16H,2-4,7-11H2,1H3.